The summed E-state index contributed by atoms with van der Waals surface area (Å²) in [5, 5.41) is 10.3. The fourth-order valence-corrected chi connectivity index (χ4v) is 2.80. The number of ether oxygens (including phenoxy) is 1. The molecule has 1 aliphatic heterocycles. The average Bonchev–Trinajstić information content (AvgIpc) is 2.62. The predicted octanol–water partition coefficient (Wildman–Crippen LogP) is 2.36. The third-order valence-corrected chi connectivity index (χ3v) is 4.01. The van der Waals surface area contributed by atoms with E-state index in [-0.39, 0.29) is 16.3 Å². The lowest BCUT2D eigenvalue weighted by atomic mass is 10.1. The van der Waals surface area contributed by atoms with Gasteiger partial charge >= 0.3 is 0 Å². The zero-order valence-corrected chi connectivity index (χ0v) is 12.0. The van der Waals surface area contributed by atoms with Crippen LogP contribution in [0.25, 0.3) is 11.1 Å². The minimum atomic E-state index is -0.192. The molecule has 0 saturated heterocycles. The number of hydrogen-bond donors (Lipinski definition) is 1. The van der Waals surface area contributed by atoms with E-state index in [1.54, 1.807) is 21.5 Å². The van der Waals surface area contributed by atoms with E-state index in [9.17, 15) is 9.90 Å². The summed E-state index contributed by atoms with van der Waals surface area (Å²) in [6.07, 6.45) is 0. The predicted molar refractivity (Wildman–Crippen MR) is 76.6 cm³/mol. The molecule has 20 heavy (non-hydrogen) atoms. The quantitative estimate of drug-likeness (QED) is 0.879. The summed E-state index contributed by atoms with van der Waals surface area (Å²) in [5.41, 5.74) is 0.735. The summed E-state index contributed by atoms with van der Waals surface area (Å²) in [6.45, 7) is 1.97. The third-order valence-electron chi connectivity index (χ3n) is 3.30. The van der Waals surface area contributed by atoms with Crippen LogP contribution in [-0.2, 0) is 17.8 Å². The fraction of sp³-hybridized carbons (Fsp3) is 0.308. The molecule has 1 aliphatic rings. The molecular formula is C13H12Cl2N2O3. The maximum absolute atomic E-state index is 12.5. The van der Waals surface area contributed by atoms with Gasteiger partial charge in [0.1, 0.15) is 10.9 Å². The van der Waals surface area contributed by atoms with E-state index >= 15 is 0 Å². The van der Waals surface area contributed by atoms with Crippen molar-refractivity contribution in [3.05, 3.63) is 38.7 Å². The van der Waals surface area contributed by atoms with Gasteiger partial charge in [0.05, 0.1) is 36.9 Å². The first-order chi connectivity index (χ1) is 9.59. The van der Waals surface area contributed by atoms with Crippen LogP contribution in [-0.4, -0.2) is 27.7 Å². The van der Waals surface area contributed by atoms with Crippen LogP contribution in [0.4, 0.5) is 0 Å². The summed E-state index contributed by atoms with van der Waals surface area (Å²) in [7, 11) is 0. The normalized spacial score (nSPS) is 14.9. The molecule has 0 bridgehead atoms. The standard InChI is InChI=1S/C13H12Cl2N2O3/c14-9-2-1-8(7-10(9)18)11-12(15)16-3-5-20-6-4-17(16)13(11)19/h1-2,7,18H,3-6H2. The Hall–Kier alpha value is -1.43. The second-order valence-electron chi connectivity index (χ2n) is 4.50. The van der Waals surface area contributed by atoms with Crippen molar-refractivity contribution in [1.29, 1.82) is 0 Å². The van der Waals surface area contributed by atoms with Crippen molar-refractivity contribution in [2.75, 3.05) is 13.2 Å². The van der Waals surface area contributed by atoms with Gasteiger partial charge in [-0.1, -0.05) is 29.3 Å². The van der Waals surface area contributed by atoms with Gasteiger partial charge in [-0.15, -0.1) is 0 Å². The SMILES string of the molecule is O=c1c(-c2ccc(Cl)c(O)c2)c(Cl)n2n1CCOCC2. The van der Waals surface area contributed by atoms with Gasteiger partial charge < -0.3 is 9.84 Å². The Morgan fingerprint density at radius 3 is 2.55 bits per heavy atom. The van der Waals surface area contributed by atoms with E-state index in [4.69, 9.17) is 27.9 Å². The van der Waals surface area contributed by atoms with Crippen LogP contribution in [0.2, 0.25) is 10.2 Å². The number of halogens is 2. The lowest BCUT2D eigenvalue weighted by Gasteiger charge is -2.06. The van der Waals surface area contributed by atoms with Crippen LogP contribution in [0, 0.1) is 0 Å². The van der Waals surface area contributed by atoms with Crippen molar-refractivity contribution < 1.29 is 9.84 Å². The van der Waals surface area contributed by atoms with Crippen molar-refractivity contribution in [2.45, 2.75) is 13.1 Å². The van der Waals surface area contributed by atoms with Gasteiger partial charge in [-0.25, -0.2) is 4.68 Å². The summed E-state index contributed by atoms with van der Waals surface area (Å²) >= 11 is 12.1. The van der Waals surface area contributed by atoms with E-state index in [0.29, 0.717) is 42.6 Å². The molecule has 0 fully saturated rings. The number of fused-ring (bicyclic) bond motifs is 1. The maximum atomic E-state index is 12.5. The van der Waals surface area contributed by atoms with Crippen molar-refractivity contribution >= 4 is 23.2 Å². The Bertz CT molecular complexity index is 721. The highest BCUT2D eigenvalue weighted by Crippen LogP contribution is 2.32. The van der Waals surface area contributed by atoms with Crippen LogP contribution >= 0.6 is 23.2 Å². The number of phenolic OH excluding ortho intramolecular Hbond substituents is 1. The zero-order chi connectivity index (χ0) is 14.3. The number of rotatable bonds is 1. The number of benzene rings is 1. The molecule has 2 aromatic rings. The van der Waals surface area contributed by atoms with Gasteiger partial charge in [0.25, 0.3) is 5.56 Å². The second-order valence-corrected chi connectivity index (χ2v) is 5.26. The highest BCUT2D eigenvalue weighted by Gasteiger charge is 2.21. The lowest BCUT2D eigenvalue weighted by molar-refractivity contribution is 0.137. The van der Waals surface area contributed by atoms with Crippen molar-refractivity contribution in [2.24, 2.45) is 0 Å². The van der Waals surface area contributed by atoms with Crippen LogP contribution < -0.4 is 5.56 Å². The highest BCUT2D eigenvalue weighted by atomic mass is 35.5. The molecule has 0 saturated carbocycles. The Kier molecular flexibility index (Phi) is 3.50. The lowest BCUT2D eigenvalue weighted by Crippen LogP contribution is -2.23. The van der Waals surface area contributed by atoms with Crippen molar-refractivity contribution in [3.8, 4) is 16.9 Å². The van der Waals surface area contributed by atoms with Gasteiger partial charge in [-0.3, -0.25) is 9.48 Å². The number of phenols is 1. The minimum Gasteiger partial charge on any atom is -0.506 e. The molecule has 1 aromatic carbocycles. The molecule has 0 atom stereocenters. The maximum Gasteiger partial charge on any atom is 0.276 e. The van der Waals surface area contributed by atoms with E-state index in [2.05, 4.69) is 0 Å². The molecule has 0 spiro atoms. The molecule has 0 radical (unpaired) electrons. The summed E-state index contributed by atoms with van der Waals surface area (Å²) < 4.78 is 8.60. The molecule has 3 rings (SSSR count). The number of nitrogens with zero attached hydrogens (tertiary/aromatic N) is 2. The molecule has 1 N–H and O–H groups in total. The van der Waals surface area contributed by atoms with Gasteiger partial charge in [0.15, 0.2) is 0 Å². The van der Waals surface area contributed by atoms with Crippen LogP contribution in [0.1, 0.15) is 0 Å². The Balaban J connectivity index is 2.19. The summed E-state index contributed by atoms with van der Waals surface area (Å²) in [6, 6.07) is 4.65. The van der Waals surface area contributed by atoms with Crippen LogP contribution in [0.15, 0.2) is 23.0 Å². The Labute approximate surface area is 124 Å². The van der Waals surface area contributed by atoms with E-state index in [1.807, 2.05) is 0 Å². The Morgan fingerprint density at radius 2 is 1.85 bits per heavy atom. The molecular weight excluding hydrogens is 303 g/mol. The number of hydrogen-bond acceptors (Lipinski definition) is 3. The second kappa shape index (κ2) is 5.16. The first kappa shape index (κ1) is 13.5. The van der Waals surface area contributed by atoms with Gasteiger partial charge in [-0.2, -0.15) is 0 Å². The number of aromatic hydroxyl groups is 1. The Morgan fingerprint density at radius 1 is 1.15 bits per heavy atom. The van der Waals surface area contributed by atoms with E-state index in [1.165, 1.54) is 6.07 Å². The smallest absolute Gasteiger partial charge is 0.276 e. The van der Waals surface area contributed by atoms with Crippen molar-refractivity contribution in [3.63, 3.8) is 0 Å². The topological polar surface area (TPSA) is 56.4 Å². The fourth-order valence-electron chi connectivity index (χ4n) is 2.32. The molecule has 1 aromatic heterocycles. The molecule has 5 nitrogen and oxygen atoms in total. The molecule has 0 unspecified atom stereocenters. The molecule has 0 amide bonds. The van der Waals surface area contributed by atoms with Gasteiger partial charge in [0.2, 0.25) is 0 Å². The summed E-state index contributed by atoms with van der Waals surface area (Å²) in [5.74, 6) is -0.0747. The molecule has 7 heteroatoms. The van der Waals surface area contributed by atoms with E-state index in [0.717, 1.165) is 0 Å². The van der Waals surface area contributed by atoms with Crippen molar-refractivity contribution in [1.82, 2.24) is 9.36 Å². The van der Waals surface area contributed by atoms with Gasteiger partial charge in [-0.05, 0) is 17.7 Å². The summed E-state index contributed by atoms with van der Waals surface area (Å²) in [4.78, 5) is 12.5. The first-order valence-corrected chi connectivity index (χ1v) is 6.91. The largest absolute Gasteiger partial charge is 0.506 e. The molecule has 106 valence electrons. The van der Waals surface area contributed by atoms with E-state index < -0.39 is 0 Å². The van der Waals surface area contributed by atoms with Gasteiger partial charge in [0, 0.05) is 0 Å². The highest BCUT2D eigenvalue weighted by molar-refractivity contribution is 6.33. The minimum absolute atomic E-state index is 0.0747. The first-order valence-electron chi connectivity index (χ1n) is 6.15. The van der Waals surface area contributed by atoms with Crippen LogP contribution in [0.5, 0.6) is 5.75 Å². The number of aromatic nitrogens is 2. The molecule has 2 heterocycles. The van der Waals surface area contributed by atoms with Crippen LogP contribution in [0.3, 0.4) is 0 Å². The molecule has 0 aliphatic carbocycles. The average molecular weight is 315 g/mol. The monoisotopic (exact) mass is 314 g/mol. The zero-order valence-electron chi connectivity index (χ0n) is 10.5. The third kappa shape index (κ3) is 2.12.